The second kappa shape index (κ2) is 7.10. The average Bonchev–Trinajstić information content (AvgIpc) is 3.18. The number of hydrogen-bond acceptors (Lipinski definition) is 4. The Hall–Kier alpha value is -2.58. The van der Waals surface area contributed by atoms with Gasteiger partial charge in [-0.25, -0.2) is 13.9 Å². The molecule has 1 amide bonds. The number of halogens is 2. The monoisotopic (exact) mass is 417 g/mol. The minimum Gasteiger partial charge on any atom is -0.350 e. The van der Waals surface area contributed by atoms with Crippen molar-refractivity contribution in [2.45, 2.75) is 19.9 Å². The number of benzene rings is 1. The number of nitrogens with one attached hydrogen (secondary N) is 1. The molecule has 1 aromatic carbocycles. The van der Waals surface area contributed by atoms with Crippen molar-refractivity contribution >= 4 is 51.9 Å². The van der Waals surface area contributed by atoms with Gasteiger partial charge in [-0.15, -0.1) is 3.89 Å². The number of carbonyl (C=O) groups excluding carboxylic acids is 1. The van der Waals surface area contributed by atoms with Gasteiger partial charge in [-0.3, -0.25) is 4.79 Å². The van der Waals surface area contributed by atoms with E-state index in [9.17, 15) is 8.68 Å². The molecule has 0 saturated heterocycles. The van der Waals surface area contributed by atoms with Gasteiger partial charge < -0.3 is 9.88 Å². The quantitative estimate of drug-likeness (QED) is 0.519. The normalized spacial score (nSPS) is 11.6. The largest absolute Gasteiger partial charge is 0.350 e. The van der Waals surface area contributed by atoms with E-state index in [0.717, 1.165) is 16.5 Å². The predicted octanol–water partition coefficient (Wildman–Crippen LogP) is 4.76. The number of amides is 1. The van der Waals surface area contributed by atoms with E-state index in [2.05, 4.69) is 15.3 Å². The number of hydrogen-bond donors (Lipinski definition) is 1. The van der Waals surface area contributed by atoms with Crippen LogP contribution in [0.4, 0.5) is 3.89 Å². The molecule has 28 heavy (non-hydrogen) atoms. The van der Waals surface area contributed by atoms with Crippen molar-refractivity contribution in [3.05, 3.63) is 47.4 Å². The molecule has 3 heterocycles. The van der Waals surface area contributed by atoms with E-state index in [1.54, 1.807) is 6.20 Å². The topological polar surface area (TPSA) is 64.7 Å². The highest BCUT2D eigenvalue weighted by Crippen LogP contribution is 2.32. The van der Waals surface area contributed by atoms with Crippen molar-refractivity contribution in [3.8, 4) is 11.3 Å². The fourth-order valence-electron chi connectivity index (χ4n) is 3.21. The summed E-state index contributed by atoms with van der Waals surface area (Å²) < 4.78 is 16.5. The summed E-state index contributed by atoms with van der Waals surface area (Å²) in [5.41, 5.74) is 3.35. The van der Waals surface area contributed by atoms with Gasteiger partial charge in [-0.2, -0.15) is 0 Å². The third kappa shape index (κ3) is 3.12. The van der Waals surface area contributed by atoms with Crippen LogP contribution in [0, 0.1) is 0 Å². The van der Waals surface area contributed by atoms with Crippen LogP contribution in [0.2, 0.25) is 5.02 Å². The van der Waals surface area contributed by atoms with Crippen molar-refractivity contribution in [1.29, 1.82) is 0 Å². The van der Waals surface area contributed by atoms with Crippen molar-refractivity contribution < 1.29 is 8.68 Å². The zero-order valence-electron chi connectivity index (χ0n) is 15.4. The summed E-state index contributed by atoms with van der Waals surface area (Å²) in [5, 5.41) is 4.43. The molecule has 3 aromatic heterocycles. The molecular formula is C19H17ClFN5OS. The maximum absolute atomic E-state index is 13.3. The van der Waals surface area contributed by atoms with Crippen LogP contribution in [0.15, 0.2) is 36.8 Å². The van der Waals surface area contributed by atoms with Crippen molar-refractivity contribution in [2.24, 2.45) is 7.05 Å². The highest BCUT2D eigenvalue weighted by atomic mass is 35.5. The molecule has 4 aromatic rings. The van der Waals surface area contributed by atoms with E-state index in [1.807, 2.05) is 49.9 Å². The Bertz CT molecular complexity index is 1220. The lowest BCUT2D eigenvalue weighted by atomic mass is 10.1. The summed E-state index contributed by atoms with van der Waals surface area (Å²) in [6, 6.07) is 5.57. The first-order valence-corrected chi connectivity index (χ1v) is 9.67. The summed E-state index contributed by atoms with van der Waals surface area (Å²) >= 11 is 6.09. The van der Waals surface area contributed by atoms with Crippen LogP contribution >= 0.6 is 23.9 Å². The van der Waals surface area contributed by atoms with Crippen molar-refractivity contribution in [1.82, 2.24) is 23.8 Å². The fraction of sp³-hybridized carbons (Fsp3) is 0.211. The number of carbonyl (C=O) groups is 1. The maximum Gasteiger partial charge on any atom is 0.255 e. The van der Waals surface area contributed by atoms with E-state index < -0.39 is 0 Å². The molecule has 0 fully saturated rings. The van der Waals surface area contributed by atoms with Crippen LogP contribution < -0.4 is 5.32 Å². The molecule has 0 radical (unpaired) electrons. The third-order valence-electron chi connectivity index (χ3n) is 4.43. The molecule has 0 aliphatic carbocycles. The Labute approximate surface area is 170 Å². The van der Waals surface area contributed by atoms with Gasteiger partial charge in [0, 0.05) is 47.0 Å². The van der Waals surface area contributed by atoms with Gasteiger partial charge in [0.25, 0.3) is 5.91 Å². The molecule has 4 rings (SSSR count). The molecule has 9 heteroatoms. The van der Waals surface area contributed by atoms with E-state index in [0.29, 0.717) is 21.9 Å². The van der Waals surface area contributed by atoms with Crippen molar-refractivity contribution in [2.75, 3.05) is 0 Å². The smallest absolute Gasteiger partial charge is 0.255 e. The predicted molar refractivity (Wildman–Crippen MR) is 111 cm³/mol. The van der Waals surface area contributed by atoms with Crippen LogP contribution in [0.3, 0.4) is 0 Å². The molecular weight excluding hydrogens is 401 g/mol. The lowest BCUT2D eigenvalue weighted by Gasteiger charge is -2.07. The van der Waals surface area contributed by atoms with Crippen LogP contribution in [0.5, 0.6) is 0 Å². The molecule has 1 N–H and O–H groups in total. The Balaban J connectivity index is 1.91. The highest BCUT2D eigenvalue weighted by Gasteiger charge is 2.20. The lowest BCUT2D eigenvalue weighted by molar-refractivity contribution is 0.0944. The van der Waals surface area contributed by atoms with Crippen LogP contribution in [0.25, 0.3) is 33.3 Å². The molecule has 0 unspecified atom stereocenters. The molecule has 0 atom stereocenters. The van der Waals surface area contributed by atoms with Gasteiger partial charge in [0.05, 0.1) is 17.5 Å². The third-order valence-corrected chi connectivity index (χ3v) is 5.09. The van der Waals surface area contributed by atoms with Gasteiger partial charge >= 0.3 is 0 Å². The lowest BCUT2D eigenvalue weighted by Crippen LogP contribution is -2.30. The fourth-order valence-corrected chi connectivity index (χ4v) is 3.72. The zero-order valence-corrected chi connectivity index (χ0v) is 17.0. The molecule has 0 spiro atoms. The number of fused-ring (bicyclic) bond motifs is 2. The average molecular weight is 418 g/mol. The number of rotatable bonds is 4. The minimum atomic E-state index is -0.316. The van der Waals surface area contributed by atoms with E-state index in [4.69, 9.17) is 11.6 Å². The first kappa shape index (κ1) is 18.8. The summed E-state index contributed by atoms with van der Waals surface area (Å²) in [6.45, 7) is 3.72. The number of nitrogens with zero attached hydrogens (tertiary/aromatic N) is 4. The van der Waals surface area contributed by atoms with Crippen LogP contribution in [0.1, 0.15) is 24.2 Å². The number of aryl methyl sites for hydroxylation is 1. The van der Waals surface area contributed by atoms with Gasteiger partial charge in [0.2, 0.25) is 0 Å². The van der Waals surface area contributed by atoms with Crippen LogP contribution in [-0.2, 0) is 7.05 Å². The molecule has 144 valence electrons. The van der Waals surface area contributed by atoms with Crippen molar-refractivity contribution in [3.63, 3.8) is 0 Å². The molecule has 0 aliphatic heterocycles. The van der Waals surface area contributed by atoms with Crippen LogP contribution in [-0.4, -0.2) is 30.5 Å². The molecule has 0 aliphatic rings. The summed E-state index contributed by atoms with van der Waals surface area (Å²) in [4.78, 5) is 21.6. The van der Waals surface area contributed by atoms with Gasteiger partial charge in [-0.05, 0) is 26.0 Å². The minimum absolute atomic E-state index is 0.0193. The second-order valence-electron chi connectivity index (χ2n) is 6.81. The SMILES string of the molecule is CC(C)NC(=O)c1cn(SF)c2ncc(-c3cn(C)c4cc(Cl)ccc34)nc12. The Kier molecular flexibility index (Phi) is 4.76. The summed E-state index contributed by atoms with van der Waals surface area (Å²) in [6.07, 6.45) is 4.94. The Morgan fingerprint density at radius 1 is 1.32 bits per heavy atom. The van der Waals surface area contributed by atoms with Gasteiger partial charge in [0.15, 0.2) is 18.0 Å². The van der Waals surface area contributed by atoms with E-state index in [1.165, 1.54) is 10.2 Å². The highest BCUT2D eigenvalue weighted by molar-refractivity contribution is 7.92. The van der Waals surface area contributed by atoms with E-state index in [-0.39, 0.29) is 29.8 Å². The maximum atomic E-state index is 13.3. The van der Waals surface area contributed by atoms with E-state index >= 15 is 0 Å². The molecule has 6 nitrogen and oxygen atoms in total. The van der Waals surface area contributed by atoms with Gasteiger partial charge in [0.1, 0.15) is 5.52 Å². The number of aromatic nitrogens is 4. The summed E-state index contributed by atoms with van der Waals surface area (Å²) in [5.74, 6) is -0.316. The molecule has 0 bridgehead atoms. The standard InChI is InChI=1S/C19H17ClFN5OS/c1-10(2)23-19(27)14-9-26(28-21)18-17(14)24-15(7-22-18)13-8-25(3)16-6-11(20)4-5-12(13)16/h4-10H,1-3H3,(H,23,27). The Morgan fingerprint density at radius 3 is 2.82 bits per heavy atom. The second-order valence-corrected chi connectivity index (χ2v) is 7.78. The van der Waals surface area contributed by atoms with Gasteiger partial charge in [-0.1, -0.05) is 17.7 Å². The zero-order chi connectivity index (χ0) is 20.0. The first-order valence-electron chi connectivity index (χ1n) is 8.62. The molecule has 0 saturated carbocycles. The summed E-state index contributed by atoms with van der Waals surface area (Å²) in [7, 11) is 1.92. The Morgan fingerprint density at radius 2 is 2.11 bits per heavy atom. The first-order chi connectivity index (χ1) is 13.4.